The molecule has 3 nitrogen and oxygen atoms in total. The molecule has 102 valence electrons. The van der Waals surface area contributed by atoms with E-state index in [1.165, 1.54) is 36.5 Å². The van der Waals surface area contributed by atoms with E-state index in [4.69, 9.17) is 0 Å². The fraction of sp³-hybridized carbons (Fsp3) is 0.0769. The van der Waals surface area contributed by atoms with Crippen LogP contribution in [0.4, 0.5) is 17.6 Å². The van der Waals surface area contributed by atoms with Crippen LogP contribution in [0.15, 0.2) is 42.6 Å². The molecule has 0 aliphatic rings. The summed E-state index contributed by atoms with van der Waals surface area (Å²) in [7, 11) is 0. The summed E-state index contributed by atoms with van der Waals surface area (Å²) in [6.45, 7) is 0. The molecule has 20 heavy (non-hydrogen) atoms. The van der Waals surface area contributed by atoms with Gasteiger partial charge in [-0.15, -0.1) is 10.2 Å². The molecule has 0 saturated carbocycles. The summed E-state index contributed by atoms with van der Waals surface area (Å²) in [6, 6.07) is 8.52. The van der Waals surface area contributed by atoms with Gasteiger partial charge in [0.1, 0.15) is 5.82 Å². The molecule has 0 N–H and O–H groups in total. The highest BCUT2D eigenvalue weighted by atomic mass is 19.4. The minimum atomic E-state index is -4.58. The number of benzene rings is 1. The van der Waals surface area contributed by atoms with Crippen molar-refractivity contribution < 1.29 is 17.6 Å². The van der Waals surface area contributed by atoms with Crippen LogP contribution in [-0.2, 0) is 6.18 Å². The average Bonchev–Trinajstić information content (AvgIpc) is 2.82. The molecule has 7 heteroatoms. The Labute approximate surface area is 110 Å². The number of fused-ring (bicyclic) bond motifs is 1. The Bertz CT molecular complexity index is 759. The second kappa shape index (κ2) is 4.29. The van der Waals surface area contributed by atoms with Gasteiger partial charge in [0.25, 0.3) is 0 Å². The molecule has 2 heterocycles. The van der Waals surface area contributed by atoms with E-state index in [1.807, 2.05) is 0 Å². The molecule has 0 unspecified atom stereocenters. The molecule has 3 rings (SSSR count). The normalized spacial score (nSPS) is 12.0. The first kappa shape index (κ1) is 12.6. The Morgan fingerprint density at radius 2 is 1.50 bits per heavy atom. The smallest absolute Gasteiger partial charge is 0.278 e. The first-order valence-corrected chi connectivity index (χ1v) is 5.63. The van der Waals surface area contributed by atoms with Crippen molar-refractivity contribution >= 4 is 5.65 Å². The van der Waals surface area contributed by atoms with Gasteiger partial charge >= 0.3 is 6.18 Å². The van der Waals surface area contributed by atoms with Crippen molar-refractivity contribution in [3.63, 3.8) is 0 Å². The summed E-state index contributed by atoms with van der Waals surface area (Å²) in [5.74, 6) is -1.49. The Morgan fingerprint density at radius 1 is 0.850 bits per heavy atom. The Kier molecular flexibility index (Phi) is 2.70. The number of alkyl halides is 3. The molecular weight excluding hydrogens is 274 g/mol. The van der Waals surface area contributed by atoms with Crippen LogP contribution in [0.1, 0.15) is 5.82 Å². The quantitative estimate of drug-likeness (QED) is 0.638. The minimum Gasteiger partial charge on any atom is -0.278 e. The second-order valence-electron chi connectivity index (χ2n) is 4.17. The molecule has 0 radical (unpaired) electrons. The first-order chi connectivity index (χ1) is 9.45. The molecule has 3 aromatic rings. The Hall–Kier alpha value is -2.44. The van der Waals surface area contributed by atoms with E-state index in [9.17, 15) is 17.6 Å². The third-order valence-corrected chi connectivity index (χ3v) is 2.83. The van der Waals surface area contributed by atoms with Crippen molar-refractivity contribution in [1.29, 1.82) is 0 Å². The number of pyridine rings is 1. The zero-order valence-electron chi connectivity index (χ0n) is 9.89. The molecule has 0 amide bonds. The first-order valence-electron chi connectivity index (χ1n) is 5.63. The molecule has 0 spiro atoms. The van der Waals surface area contributed by atoms with Gasteiger partial charge in [-0.05, 0) is 35.4 Å². The summed E-state index contributed by atoms with van der Waals surface area (Å²) in [5, 5.41) is 6.61. The van der Waals surface area contributed by atoms with E-state index < -0.39 is 17.8 Å². The SMILES string of the molecule is Fc1ccc(-c2ccc3nnc(C(F)(F)F)n3c2)cc1. The van der Waals surface area contributed by atoms with Crippen molar-refractivity contribution in [2.75, 3.05) is 0 Å². The number of hydrogen-bond donors (Lipinski definition) is 0. The van der Waals surface area contributed by atoms with Crippen molar-refractivity contribution in [1.82, 2.24) is 14.6 Å². The molecule has 0 bridgehead atoms. The van der Waals surface area contributed by atoms with Gasteiger partial charge in [0, 0.05) is 6.20 Å². The molecule has 0 aliphatic heterocycles. The fourth-order valence-electron chi connectivity index (χ4n) is 1.90. The topological polar surface area (TPSA) is 30.2 Å². The summed E-state index contributed by atoms with van der Waals surface area (Å²) in [6.07, 6.45) is -3.30. The lowest BCUT2D eigenvalue weighted by molar-refractivity contribution is -0.145. The van der Waals surface area contributed by atoms with E-state index in [-0.39, 0.29) is 5.65 Å². The van der Waals surface area contributed by atoms with Crippen molar-refractivity contribution in [2.45, 2.75) is 6.18 Å². The summed E-state index contributed by atoms with van der Waals surface area (Å²) < 4.78 is 52.0. The number of rotatable bonds is 1. The molecule has 2 aromatic heterocycles. The van der Waals surface area contributed by atoms with Crippen molar-refractivity contribution in [3.8, 4) is 11.1 Å². The molecule has 0 saturated heterocycles. The summed E-state index contributed by atoms with van der Waals surface area (Å²) in [4.78, 5) is 0. The zero-order valence-corrected chi connectivity index (χ0v) is 9.89. The molecule has 0 fully saturated rings. The largest absolute Gasteiger partial charge is 0.452 e. The molecular formula is C13H7F4N3. The van der Waals surface area contributed by atoms with Crippen LogP contribution in [0.25, 0.3) is 16.8 Å². The molecule has 0 atom stereocenters. The number of nitrogens with zero attached hydrogens (tertiary/aromatic N) is 3. The monoisotopic (exact) mass is 281 g/mol. The van der Waals surface area contributed by atoms with Crippen LogP contribution in [0, 0.1) is 5.82 Å². The van der Waals surface area contributed by atoms with Gasteiger partial charge in [-0.1, -0.05) is 12.1 Å². The van der Waals surface area contributed by atoms with Crippen LogP contribution in [-0.4, -0.2) is 14.6 Å². The van der Waals surface area contributed by atoms with Gasteiger partial charge < -0.3 is 0 Å². The third-order valence-electron chi connectivity index (χ3n) is 2.83. The van der Waals surface area contributed by atoms with Gasteiger partial charge in [-0.3, -0.25) is 4.40 Å². The van der Waals surface area contributed by atoms with Crippen LogP contribution >= 0.6 is 0 Å². The van der Waals surface area contributed by atoms with E-state index >= 15 is 0 Å². The van der Waals surface area contributed by atoms with E-state index in [0.717, 1.165) is 4.40 Å². The van der Waals surface area contributed by atoms with Crippen LogP contribution in [0.5, 0.6) is 0 Å². The maximum Gasteiger partial charge on any atom is 0.452 e. The van der Waals surface area contributed by atoms with Gasteiger partial charge in [0.15, 0.2) is 5.65 Å². The van der Waals surface area contributed by atoms with Gasteiger partial charge in [0.2, 0.25) is 5.82 Å². The number of halogens is 4. The lowest BCUT2D eigenvalue weighted by Gasteiger charge is -2.06. The lowest BCUT2D eigenvalue weighted by Crippen LogP contribution is -2.10. The zero-order chi connectivity index (χ0) is 14.3. The minimum absolute atomic E-state index is 0.100. The third kappa shape index (κ3) is 2.11. The van der Waals surface area contributed by atoms with Gasteiger partial charge in [-0.25, -0.2) is 4.39 Å². The van der Waals surface area contributed by atoms with Crippen LogP contribution < -0.4 is 0 Å². The van der Waals surface area contributed by atoms with Crippen molar-refractivity contribution in [2.24, 2.45) is 0 Å². The number of hydrogen-bond acceptors (Lipinski definition) is 2. The fourth-order valence-corrected chi connectivity index (χ4v) is 1.90. The summed E-state index contributed by atoms with van der Waals surface area (Å²) in [5.41, 5.74) is 1.22. The Balaban J connectivity index is 2.16. The highest BCUT2D eigenvalue weighted by Crippen LogP contribution is 2.29. The molecule has 1 aromatic carbocycles. The standard InChI is InChI=1S/C13H7F4N3/c14-10-4-1-8(2-5-10)9-3-6-11-18-19-12(13(15,16)17)20(11)7-9/h1-7H. The average molecular weight is 281 g/mol. The van der Waals surface area contributed by atoms with Crippen LogP contribution in [0.2, 0.25) is 0 Å². The highest BCUT2D eigenvalue weighted by Gasteiger charge is 2.36. The summed E-state index contributed by atoms with van der Waals surface area (Å²) >= 11 is 0. The van der Waals surface area contributed by atoms with E-state index in [0.29, 0.717) is 11.1 Å². The van der Waals surface area contributed by atoms with Crippen LogP contribution in [0.3, 0.4) is 0 Å². The second-order valence-corrected chi connectivity index (χ2v) is 4.17. The van der Waals surface area contributed by atoms with Gasteiger partial charge in [0.05, 0.1) is 0 Å². The van der Waals surface area contributed by atoms with Gasteiger partial charge in [-0.2, -0.15) is 13.2 Å². The van der Waals surface area contributed by atoms with E-state index in [1.54, 1.807) is 6.07 Å². The predicted octanol–water partition coefficient (Wildman–Crippen LogP) is 3.55. The Morgan fingerprint density at radius 3 is 2.15 bits per heavy atom. The number of aromatic nitrogens is 3. The molecule has 0 aliphatic carbocycles. The van der Waals surface area contributed by atoms with E-state index in [2.05, 4.69) is 10.2 Å². The lowest BCUT2D eigenvalue weighted by atomic mass is 10.1. The van der Waals surface area contributed by atoms with Crippen molar-refractivity contribution in [3.05, 3.63) is 54.2 Å². The predicted molar refractivity (Wildman–Crippen MR) is 63.4 cm³/mol. The maximum absolute atomic E-state index is 12.9. The highest BCUT2D eigenvalue weighted by molar-refractivity contribution is 5.64. The maximum atomic E-state index is 12.9.